The second-order valence-electron chi connectivity index (χ2n) is 6.56. The first-order chi connectivity index (χ1) is 11.2. The van der Waals surface area contributed by atoms with E-state index in [-0.39, 0.29) is 0 Å². The fourth-order valence-electron chi connectivity index (χ4n) is 3.70. The topological polar surface area (TPSA) is 43.4 Å². The van der Waals surface area contributed by atoms with Gasteiger partial charge in [0, 0.05) is 49.9 Å². The van der Waals surface area contributed by atoms with Gasteiger partial charge in [-0.3, -0.25) is 4.90 Å². The number of rotatable bonds is 7. The summed E-state index contributed by atoms with van der Waals surface area (Å²) in [5.74, 6) is 0. The number of nitrogens with two attached hydrogens (primary N) is 1. The molecule has 0 aliphatic carbocycles. The third kappa shape index (κ3) is 3.16. The van der Waals surface area contributed by atoms with Crippen molar-refractivity contribution < 1.29 is 4.74 Å². The van der Waals surface area contributed by atoms with Crippen molar-refractivity contribution in [2.45, 2.75) is 39.8 Å². The molecule has 4 nitrogen and oxygen atoms in total. The van der Waals surface area contributed by atoms with Gasteiger partial charge in [-0.15, -0.1) is 0 Å². The van der Waals surface area contributed by atoms with Crippen LogP contribution in [0.25, 0.3) is 10.9 Å². The van der Waals surface area contributed by atoms with Crippen molar-refractivity contribution in [2.24, 2.45) is 12.8 Å². The molecule has 23 heavy (non-hydrogen) atoms. The maximum Gasteiger partial charge on any atom is 0.0593 e. The molecule has 2 heterocycles. The third-order valence-corrected chi connectivity index (χ3v) is 5.12. The highest BCUT2D eigenvalue weighted by atomic mass is 16.5. The van der Waals surface area contributed by atoms with Gasteiger partial charge >= 0.3 is 0 Å². The summed E-state index contributed by atoms with van der Waals surface area (Å²) in [6.45, 7) is 9.76. The Morgan fingerprint density at radius 3 is 2.65 bits per heavy atom. The van der Waals surface area contributed by atoms with Gasteiger partial charge in [-0.25, -0.2) is 0 Å². The standard InChI is InChI=1S/C19H29N3O/c1-4-23-9-8-22-12-15-10-18-17(6-5-7-20)14(2)21(3)19(18)11-16(15)13-22/h10-11H,4-9,12-13,20H2,1-3H3. The minimum absolute atomic E-state index is 0.756. The Balaban J connectivity index is 1.87. The molecule has 2 N–H and O–H groups in total. The van der Waals surface area contributed by atoms with Crippen molar-refractivity contribution in [3.8, 4) is 0 Å². The van der Waals surface area contributed by atoms with Crippen LogP contribution in [0.3, 0.4) is 0 Å². The lowest BCUT2D eigenvalue weighted by Gasteiger charge is -2.13. The van der Waals surface area contributed by atoms with Crippen molar-refractivity contribution in [3.63, 3.8) is 0 Å². The zero-order chi connectivity index (χ0) is 16.4. The van der Waals surface area contributed by atoms with E-state index < -0.39 is 0 Å². The molecular formula is C19H29N3O. The maximum absolute atomic E-state index is 5.72. The Morgan fingerprint density at radius 2 is 1.96 bits per heavy atom. The molecule has 0 saturated heterocycles. The Bertz CT molecular complexity index is 690. The van der Waals surface area contributed by atoms with Crippen LogP contribution in [0.4, 0.5) is 0 Å². The summed E-state index contributed by atoms with van der Waals surface area (Å²) in [6.07, 6.45) is 2.13. The van der Waals surface area contributed by atoms with Crippen molar-refractivity contribution >= 4 is 10.9 Å². The molecule has 1 aliphatic rings. The van der Waals surface area contributed by atoms with Crippen LogP contribution in [0, 0.1) is 6.92 Å². The average Bonchev–Trinajstić information content (AvgIpc) is 3.04. The van der Waals surface area contributed by atoms with E-state index in [1.807, 2.05) is 0 Å². The fraction of sp³-hybridized carbons (Fsp3) is 0.579. The third-order valence-electron chi connectivity index (χ3n) is 5.12. The molecule has 0 bridgehead atoms. The summed E-state index contributed by atoms with van der Waals surface area (Å²) in [5, 5.41) is 1.42. The van der Waals surface area contributed by atoms with E-state index in [9.17, 15) is 0 Å². The Morgan fingerprint density at radius 1 is 1.22 bits per heavy atom. The monoisotopic (exact) mass is 315 g/mol. The number of hydrogen-bond donors (Lipinski definition) is 1. The molecule has 1 aromatic carbocycles. The zero-order valence-corrected chi connectivity index (χ0v) is 14.7. The van der Waals surface area contributed by atoms with Gasteiger partial charge in [0.05, 0.1) is 6.61 Å². The predicted octanol–water partition coefficient (Wildman–Crippen LogP) is 2.73. The lowest BCUT2D eigenvalue weighted by Crippen LogP contribution is -2.21. The number of benzene rings is 1. The summed E-state index contributed by atoms with van der Waals surface area (Å²) in [7, 11) is 2.18. The second kappa shape index (κ2) is 7.04. The number of ether oxygens (including phenoxy) is 1. The van der Waals surface area contributed by atoms with Crippen molar-refractivity contribution in [1.82, 2.24) is 9.47 Å². The Labute approximate surface area is 139 Å². The largest absolute Gasteiger partial charge is 0.380 e. The lowest BCUT2D eigenvalue weighted by atomic mass is 10.0. The molecular weight excluding hydrogens is 286 g/mol. The number of hydrogen-bond acceptors (Lipinski definition) is 3. The molecule has 0 radical (unpaired) electrons. The molecule has 3 rings (SSSR count). The van der Waals surface area contributed by atoms with Crippen molar-refractivity contribution in [3.05, 3.63) is 34.5 Å². The van der Waals surface area contributed by atoms with Crippen molar-refractivity contribution in [2.75, 3.05) is 26.3 Å². The highest BCUT2D eigenvalue weighted by Crippen LogP contribution is 2.32. The van der Waals surface area contributed by atoms with Crippen LogP contribution >= 0.6 is 0 Å². The number of fused-ring (bicyclic) bond motifs is 2. The zero-order valence-electron chi connectivity index (χ0n) is 14.7. The van der Waals surface area contributed by atoms with E-state index in [4.69, 9.17) is 10.5 Å². The smallest absolute Gasteiger partial charge is 0.0593 e. The van der Waals surface area contributed by atoms with E-state index in [0.29, 0.717) is 0 Å². The Hall–Kier alpha value is -1.36. The predicted molar refractivity (Wildman–Crippen MR) is 95.6 cm³/mol. The van der Waals surface area contributed by atoms with Crippen LogP contribution in [-0.4, -0.2) is 35.8 Å². The van der Waals surface area contributed by atoms with Crippen LogP contribution < -0.4 is 5.73 Å². The molecule has 0 amide bonds. The molecule has 1 aliphatic heterocycles. The number of aromatic nitrogens is 1. The van der Waals surface area contributed by atoms with Gasteiger partial charge in [0.2, 0.25) is 0 Å². The molecule has 0 atom stereocenters. The minimum atomic E-state index is 0.756. The number of nitrogens with zero attached hydrogens (tertiary/aromatic N) is 2. The molecule has 0 fully saturated rings. The van der Waals surface area contributed by atoms with Gasteiger partial charge in [-0.1, -0.05) is 0 Å². The first-order valence-electron chi connectivity index (χ1n) is 8.75. The minimum Gasteiger partial charge on any atom is -0.380 e. The van der Waals surface area contributed by atoms with E-state index in [1.54, 1.807) is 0 Å². The SMILES string of the molecule is CCOCCN1Cc2cc3c(CCCN)c(C)n(C)c3cc2C1. The molecule has 2 aromatic rings. The van der Waals surface area contributed by atoms with Crippen LogP contribution in [-0.2, 0) is 31.3 Å². The van der Waals surface area contributed by atoms with Gasteiger partial charge in [0.25, 0.3) is 0 Å². The number of aryl methyl sites for hydroxylation is 2. The fourth-order valence-corrected chi connectivity index (χ4v) is 3.70. The van der Waals surface area contributed by atoms with E-state index in [2.05, 4.69) is 42.5 Å². The molecule has 0 spiro atoms. The van der Waals surface area contributed by atoms with Gasteiger partial charge in [-0.05, 0) is 62.1 Å². The summed E-state index contributed by atoms with van der Waals surface area (Å²) < 4.78 is 7.83. The molecule has 1 aromatic heterocycles. The van der Waals surface area contributed by atoms with E-state index >= 15 is 0 Å². The van der Waals surface area contributed by atoms with Gasteiger partial charge < -0.3 is 15.0 Å². The van der Waals surface area contributed by atoms with Gasteiger partial charge in [-0.2, -0.15) is 0 Å². The first-order valence-corrected chi connectivity index (χ1v) is 8.75. The van der Waals surface area contributed by atoms with Crippen LogP contribution in [0.1, 0.15) is 35.7 Å². The first kappa shape index (κ1) is 16.5. The molecule has 0 unspecified atom stereocenters. The normalized spacial score (nSPS) is 14.8. The highest BCUT2D eigenvalue weighted by Gasteiger charge is 2.22. The summed E-state index contributed by atoms with van der Waals surface area (Å²) in [6, 6.07) is 4.81. The van der Waals surface area contributed by atoms with Crippen LogP contribution in [0.2, 0.25) is 0 Å². The summed E-state index contributed by atoms with van der Waals surface area (Å²) >= 11 is 0. The molecule has 4 heteroatoms. The van der Waals surface area contributed by atoms with Gasteiger partial charge in [0.1, 0.15) is 0 Å². The summed E-state index contributed by atoms with van der Waals surface area (Å²) in [5.41, 5.74) is 12.9. The highest BCUT2D eigenvalue weighted by molar-refractivity contribution is 5.87. The lowest BCUT2D eigenvalue weighted by molar-refractivity contribution is 0.113. The van der Waals surface area contributed by atoms with E-state index in [1.165, 1.54) is 33.3 Å². The quantitative estimate of drug-likeness (QED) is 0.799. The van der Waals surface area contributed by atoms with E-state index in [0.717, 1.165) is 52.2 Å². The average molecular weight is 315 g/mol. The second-order valence-corrected chi connectivity index (χ2v) is 6.56. The summed E-state index contributed by atoms with van der Waals surface area (Å²) in [4.78, 5) is 2.48. The van der Waals surface area contributed by atoms with Gasteiger partial charge in [0.15, 0.2) is 0 Å². The van der Waals surface area contributed by atoms with Crippen LogP contribution in [0.5, 0.6) is 0 Å². The molecule has 0 saturated carbocycles. The Kier molecular flexibility index (Phi) is 5.05. The maximum atomic E-state index is 5.72. The van der Waals surface area contributed by atoms with Crippen LogP contribution in [0.15, 0.2) is 12.1 Å². The molecule has 126 valence electrons. The van der Waals surface area contributed by atoms with Crippen molar-refractivity contribution in [1.29, 1.82) is 0 Å².